The van der Waals surface area contributed by atoms with Crippen LogP contribution in [0.15, 0.2) is 18.2 Å². The molecule has 0 aliphatic heterocycles. The molecule has 0 unspecified atom stereocenters. The van der Waals surface area contributed by atoms with E-state index in [9.17, 15) is 0 Å². The third-order valence-corrected chi connectivity index (χ3v) is 2.79. The molecule has 96 valence electrons. The van der Waals surface area contributed by atoms with Crippen molar-refractivity contribution in [3.8, 4) is 11.6 Å². The maximum Gasteiger partial charge on any atom is 0.219 e. The first-order chi connectivity index (χ1) is 8.61. The minimum atomic E-state index is 0.599. The molecule has 0 bridgehead atoms. The first kappa shape index (κ1) is 12.6. The molecule has 2 heterocycles. The van der Waals surface area contributed by atoms with E-state index < -0.39 is 0 Å². The van der Waals surface area contributed by atoms with Crippen LogP contribution in [0, 0.1) is 13.8 Å². The van der Waals surface area contributed by atoms with Gasteiger partial charge in [-0.2, -0.15) is 5.10 Å². The van der Waals surface area contributed by atoms with Crippen LogP contribution < -0.4 is 10.1 Å². The Kier molecular flexibility index (Phi) is 3.62. The molecule has 0 spiro atoms. The average Bonchev–Trinajstić information content (AvgIpc) is 2.57. The van der Waals surface area contributed by atoms with E-state index in [1.165, 1.54) is 0 Å². The SMILES string of the molecule is CNCc1cccc(Oc2c(C)nn(C)c2C)n1. The highest BCUT2D eigenvalue weighted by Gasteiger charge is 2.12. The van der Waals surface area contributed by atoms with Crippen molar-refractivity contribution in [2.24, 2.45) is 7.05 Å². The van der Waals surface area contributed by atoms with Crippen molar-refractivity contribution in [2.45, 2.75) is 20.4 Å². The lowest BCUT2D eigenvalue weighted by Gasteiger charge is -2.06. The summed E-state index contributed by atoms with van der Waals surface area (Å²) in [6.45, 7) is 4.63. The fraction of sp³-hybridized carbons (Fsp3) is 0.385. The molecule has 5 nitrogen and oxygen atoms in total. The van der Waals surface area contributed by atoms with E-state index in [0.29, 0.717) is 5.88 Å². The van der Waals surface area contributed by atoms with Crippen LogP contribution in [-0.2, 0) is 13.6 Å². The first-order valence-corrected chi connectivity index (χ1v) is 5.90. The van der Waals surface area contributed by atoms with Crippen LogP contribution in [0.2, 0.25) is 0 Å². The van der Waals surface area contributed by atoms with Crippen LogP contribution in [0.1, 0.15) is 17.1 Å². The summed E-state index contributed by atoms with van der Waals surface area (Å²) in [6.07, 6.45) is 0. The van der Waals surface area contributed by atoms with Gasteiger partial charge < -0.3 is 10.1 Å². The third kappa shape index (κ3) is 2.51. The number of aromatic nitrogens is 3. The number of rotatable bonds is 4. The molecule has 5 heteroatoms. The van der Waals surface area contributed by atoms with E-state index in [2.05, 4.69) is 15.4 Å². The molecule has 2 aromatic rings. The smallest absolute Gasteiger partial charge is 0.219 e. The summed E-state index contributed by atoms with van der Waals surface area (Å²) in [7, 11) is 3.80. The van der Waals surface area contributed by atoms with E-state index in [4.69, 9.17) is 4.74 Å². The monoisotopic (exact) mass is 246 g/mol. The molecule has 0 aliphatic rings. The van der Waals surface area contributed by atoms with Crippen molar-refractivity contribution in [1.29, 1.82) is 0 Å². The highest BCUT2D eigenvalue weighted by molar-refractivity contribution is 5.35. The zero-order chi connectivity index (χ0) is 13.1. The van der Waals surface area contributed by atoms with Gasteiger partial charge in [0.2, 0.25) is 5.88 Å². The topological polar surface area (TPSA) is 52.0 Å². The molecule has 0 saturated carbocycles. The molecular weight excluding hydrogens is 228 g/mol. The number of hydrogen-bond acceptors (Lipinski definition) is 4. The van der Waals surface area contributed by atoms with Crippen molar-refractivity contribution >= 4 is 0 Å². The summed E-state index contributed by atoms with van der Waals surface area (Å²) in [5.41, 5.74) is 2.82. The second-order valence-corrected chi connectivity index (χ2v) is 4.22. The lowest BCUT2D eigenvalue weighted by molar-refractivity contribution is 0.452. The van der Waals surface area contributed by atoms with Crippen LogP contribution in [0.3, 0.4) is 0 Å². The molecule has 0 aromatic carbocycles. The van der Waals surface area contributed by atoms with Crippen LogP contribution in [0.4, 0.5) is 0 Å². The highest BCUT2D eigenvalue weighted by Crippen LogP contribution is 2.26. The van der Waals surface area contributed by atoms with E-state index in [1.807, 2.05) is 50.8 Å². The lowest BCUT2D eigenvalue weighted by atomic mass is 10.3. The molecule has 0 fully saturated rings. The quantitative estimate of drug-likeness (QED) is 0.895. The molecule has 2 rings (SSSR count). The Labute approximate surface area is 107 Å². The van der Waals surface area contributed by atoms with Gasteiger partial charge in [-0.15, -0.1) is 0 Å². The molecule has 18 heavy (non-hydrogen) atoms. The van der Waals surface area contributed by atoms with Gasteiger partial charge >= 0.3 is 0 Å². The highest BCUT2D eigenvalue weighted by atomic mass is 16.5. The van der Waals surface area contributed by atoms with Crippen molar-refractivity contribution < 1.29 is 4.74 Å². The summed E-state index contributed by atoms with van der Waals surface area (Å²) in [4.78, 5) is 4.43. The van der Waals surface area contributed by atoms with Crippen molar-refractivity contribution in [3.05, 3.63) is 35.3 Å². The predicted octanol–water partition coefficient (Wildman–Crippen LogP) is 1.94. The molecular formula is C13H18N4O. The Bertz CT molecular complexity index is 548. The second-order valence-electron chi connectivity index (χ2n) is 4.22. The van der Waals surface area contributed by atoms with Gasteiger partial charge in [-0.25, -0.2) is 4.98 Å². The fourth-order valence-corrected chi connectivity index (χ4v) is 1.80. The third-order valence-electron chi connectivity index (χ3n) is 2.79. The van der Waals surface area contributed by atoms with Crippen LogP contribution in [0.25, 0.3) is 0 Å². The van der Waals surface area contributed by atoms with E-state index in [-0.39, 0.29) is 0 Å². The summed E-state index contributed by atoms with van der Waals surface area (Å²) < 4.78 is 7.63. The van der Waals surface area contributed by atoms with Crippen LogP contribution >= 0.6 is 0 Å². The number of ether oxygens (including phenoxy) is 1. The Morgan fingerprint density at radius 2 is 2.11 bits per heavy atom. The number of hydrogen-bond donors (Lipinski definition) is 1. The Hall–Kier alpha value is -1.88. The van der Waals surface area contributed by atoms with Gasteiger partial charge in [-0.05, 0) is 27.0 Å². The van der Waals surface area contributed by atoms with Crippen molar-refractivity contribution in [2.75, 3.05) is 7.05 Å². The van der Waals surface area contributed by atoms with Gasteiger partial charge in [0.1, 0.15) is 5.69 Å². The standard InChI is InChI=1S/C13H18N4O/c1-9-13(10(2)17(4)16-9)18-12-7-5-6-11(15-12)8-14-3/h5-7,14H,8H2,1-4H3. The number of nitrogens with zero attached hydrogens (tertiary/aromatic N) is 3. The molecule has 2 aromatic heterocycles. The molecule has 0 amide bonds. The molecule has 0 radical (unpaired) electrons. The molecule has 0 aliphatic carbocycles. The van der Waals surface area contributed by atoms with Crippen LogP contribution in [-0.4, -0.2) is 21.8 Å². The van der Waals surface area contributed by atoms with Gasteiger partial charge in [-0.1, -0.05) is 6.07 Å². The number of nitrogens with one attached hydrogen (secondary N) is 1. The zero-order valence-electron chi connectivity index (χ0n) is 11.2. The minimum absolute atomic E-state index is 0.599. The van der Waals surface area contributed by atoms with E-state index in [1.54, 1.807) is 0 Å². The average molecular weight is 246 g/mol. The normalized spacial score (nSPS) is 10.7. The summed E-state index contributed by atoms with van der Waals surface area (Å²) in [6, 6.07) is 5.76. The van der Waals surface area contributed by atoms with Gasteiger partial charge in [0.05, 0.1) is 11.4 Å². The second kappa shape index (κ2) is 5.18. The summed E-state index contributed by atoms with van der Waals surface area (Å²) in [5.74, 6) is 1.38. The summed E-state index contributed by atoms with van der Waals surface area (Å²) in [5, 5.41) is 7.38. The molecule has 0 atom stereocenters. The Morgan fingerprint density at radius 1 is 1.33 bits per heavy atom. The number of pyridine rings is 1. The zero-order valence-corrected chi connectivity index (χ0v) is 11.2. The molecule has 0 saturated heterocycles. The van der Waals surface area contributed by atoms with Gasteiger partial charge in [0.15, 0.2) is 5.75 Å². The maximum atomic E-state index is 5.83. The van der Waals surface area contributed by atoms with E-state index >= 15 is 0 Å². The van der Waals surface area contributed by atoms with Crippen molar-refractivity contribution in [3.63, 3.8) is 0 Å². The Morgan fingerprint density at radius 3 is 2.72 bits per heavy atom. The fourth-order valence-electron chi connectivity index (χ4n) is 1.80. The summed E-state index contributed by atoms with van der Waals surface area (Å²) >= 11 is 0. The maximum absolute atomic E-state index is 5.83. The lowest BCUT2D eigenvalue weighted by Crippen LogP contribution is -2.07. The predicted molar refractivity (Wildman–Crippen MR) is 69.8 cm³/mol. The minimum Gasteiger partial charge on any atom is -0.435 e. The Balaban J connectivity index is 2.25. The van der Waals surface area contributed by atoms with E-state index in [0.717, 1.165) is 29.4 Å². The van der Waals surface area contributed by atoms with Gasteiger partial charge in [0, 0.05) is 19.7 Å². The van der Waals surface area contributed by atoms with Gasteiger partial charge in [-0.3, -0.25) is 4.68 Å². The van der Waals surface area contributed by atoms with Crippen molar-refractivity contribution in [1.82, 2.24) is 20.1 Å². The molecule has 1 N–H and O–H groups in total. The largest absolute Gasteiger partial charge is 0.435 e. The van der Waals surface area contributed by atoms with Gasteiger partial charge in [0.25, 0.3) is 0 Å². The number of aryl methyl sites for hydroxylation is 2. The first-order valence-electron chi connectivity index (χ1n) is 5.90. The van der Waals surface area contributed by atoms with Crippen LogP contribution in [0.5, 0.6) is 11.6 Å².